The van der Waals surface area contributed by atoms with Crippen molar-refractivity contribution in [2.45, 2.75) is 51.4 Å². The maximum Gasteiger partial charge on any atom is 0.253 e. The summed E-state index contributed by atoms with van der Waals surface area (Å²) in [6.07, 6.45) is 5.94. The molecule has 114 valence electrons. The Morgan fingerprint density at radius 3 is 2.95 bits per heavy atom. The summed E-state index contributed by atoms with van der Waals surface area (Å²) >= 11 is 0. The molecule has 2 aliphatic heterocycles. The Bertz CT molecular complexity index is 500. The number of anilines is 1. The summed E-state index contributed by atoms with van der Waals surface area (Å²) in [5.74, 6) is -0.0438. The first kappa shape index (κ1) is 14.5. The lowest BCUT2D eigenvalue weighted by atomic mass is 10.2. The van der Waals surface area contributed by atoms with Crippen molar-refractivity contribution in [1.29, 1.82) is 0 Å². The van der Waals surface area contributed by atoms with Crippen LogP contribution in [-0.2, 0) is 16.1 Å². The van der Waals surface area contributed by atoms with Gasteiger partial charge in [-0.25, -0.2) is 0 Å². The first-order valence-corrected chi connectivity index (χ1v) is 7.84. The highest BCUT2D eigenvalue weighted by Crippen LogP contribution is 2.21. The highest BCUT2D eigenvalue weighted by Gasteiger charge is 2.28. The van der Waals surface area contributed by atoms with Crippen molar-refractivity contribution in [1.82, 2.24) is 9.88 Å². The molecule has 3 heterocycles. The minimum atomic E-state index is -0.310. The predicted molar refractivity (Wildman–Crippen MR) is 80.9 cm³/mol. The van der Waals surface area contributed by atoms with E-state index in [0.29, 0.717) is 0 Å². The zero-order chi connectivity index (χ0) is 14.7. The summed E-state index contributed by atoms with van der Waals surface area (Å²) in [6.45, 7) is 5.16. The Kier molecular flexibility index (Phi) is 4.51. The largest absolute Gasteiger partial charge is 0.365 e. The van der Waals surface area contributed by atoms with E-state index in [2.05, 4.69) is 15.2 Å². The van der Waals surface area contributed by atoms with Crippen molar-refractivity contribution in [2.24, 2.45) is 0 Å². The van der Waals surface area contributed by atoms with Crippen molar-refractivity contribution in [3.05, 3.63) is 24.0 Å². The highest BCUT2D eigenvalue weighted by molar-refractivity contribution is 5.94. The number of aromatic nitrogens is 1. The third kappa shape index (κ3) is 3.80. The van der Waals surface area contributed by atoms with Gasteiger partial charge in [-0.15, -0.1) is 0 Å². The fourth-order valence-corrected chi connectivity index (χ4v) is 3.03. The zero-order valence-electron chi connectivity index (χ0n) is 12.5. The van der Waals surface area contributed by atoms with Crippen molar-refractivity contribution in [3.63, 3.8) is 0 Å². The minimum absolute atomic E-state index is 0.0438. The van der Waals surface area contributed by atoms with Crippen LogP contribution in [0, 0.1) is 0 Å². The first-order chi connectivity index (χ1) is 10.2. The molecule has 2 aliphatic rings. The van der Waals surface area contributed by atoms with Crippen LogP contribution in [0.5, 0.6) is 0 Å². The molecular weight excluding hydrogens is 266 g/mol. The van der Waals surface area contributed by atoms with Crippen LogP contribution in [-0.4, -0.2) is 41.1 Å². The van der Waals surface area contributed by atoms with Crippen LogP contribution in [0.1, 0.15) is 38.3 Å². The van der Waals surface area contributed by atoms with E-state index in [1.165, 1.54) is 12.8 Å². The van der Waals surface area contributed by atoms with E-state index in [-0.39, 0.29) is 18.1 Å². The molecule has 0 saturated carbocycles. The topological polar surface area (TPSA) is 54.5 Å². The summed E-state index contributed by atoms with van der Waals surface area (Å²) in [4.78, 5) is 18.9. The maximum atomic E-state index is 12.1. The van der Waals surface area contributed by atoms with Gasteiger partial charge < -0.3 is 10.1 Å². The van der Waals surface area contributed by atoms with E-state index in [1.54, 1.807) is 6.20 Å². The highest BCUT2D eigenvalue weighted by atomic mass is 16.5. The Labute approximate surface area is 125 Å². The van der Waals surface area contributed by atoms with Gasteiger partial charge in [0.25, 0.3) is 5.91 Å². The number of nitrogens with zero attached hydrogens (tertiary/aromatic N) is 2. The van der Waals surface area contributed by atoms with Gasteiger partial charge in [-0.05, 0) is 57.8 Å². The number of amides is 1. The van der Waals surface area contributed by atoms with Crippen LogP contribution >= 0.6 is 0 Å². The summed E-state index contributed by atoms with van der Waals surface area (Å²) < 4.78 is 5.60. The van der Waals surface area contributed by atoms with Crippen molar-refractivity contribution in [2.75, 3.05) is 18.4 Å². The number of carbonyl (C=O) groups is 1. The first-order valence-electron chi connectivity index (χ1n) is 7.84. The molecule has 2 fully saturated rings. The number of nitrogens with one attached hydrogen (secondary N) is 1. The number of rotatable bonds is 4. The molecular formula is C16H23N3O2. The standard InChI is InChI=1S/C16H23N3O2/c1-12-4-5-15(21-12)16(20)18-13-6-7-17-14(10-13)11-19-8-2-3-9-19/h6-7,10,12,15H,2-5,8-9,11H2,1H3,(H,17,18,20). The summed E-state index contributed by atoms with van der Waals surface area (Å²) in [7, 11) is 0. The summed E-state index contributed by atoms with van der Waals surface area (Å²) in [5.41, 5.74) is 1.82. The van der Waals surface area contributed by atoms with Gasteiger partial charge in [0.1, 0.15) is 6.10 Å². The molecule has 1 aromatic heterocycles. The Balaban J connectivity index is 1.58. The van der Waals surface area contributed by atoms with Gasteiger partial charge in [-0.2, -0.15) is 0 Å². The second-order valence-corrected chi connectivity index (χ2v) is 6.02. The molecule has 0 radical (unpaired) electrons. The molecule has 2 atom stereocenters. The van der Waals surface area contributed by atoms with Gasteiger partial charge in [-0.3, -0.25) is 14.7 Å². The third-order valence-electron chi connectivity index (χ3n) is 4.19. The van der Waals surface area contributed by atoms with Gasteiger partial charge in [0.2, 0.25) is 0 Å². The Morgan fingerprint density at radius 2 is 2.24 bits per heavy atom. The van der Waals surface area contributed by atoms with Gasteiger partial charge >= 0.3 is 0 Å². The number of carbonyl (C=O) groups excluding carboxylic acids is 1. The van der Waals surface area contributed by atoms with Crippen molar-refractivity contribution >= 4 is 11.6 Å². The maximum absolute atomic E-state index is 12.1. The van der Waals surface area contributed by atoms with Crippen LogP contribution in [0.3, 0.4) is 0 Å². The molecule has 0 aromatic carbocycles. The van der Waals surface area contributed by atoms with Crippen LogP contribution in [0.2, 0.25) is 0 Å². The Morgan fingerprint density at radius 1 is 1.43 bits per heavy atom. The van der Waals surface area contributed by atoms with Crippen molar-refractivity contribution < 1.29 is 9.53 Å². The number of hydrogen-bond acceptors (Lipinski definition) is 4. The molecule has 5 nitrogen and oxygen atoms in total. The van der Waals surface area contributed by atoms with Crippen LogP contribution < -0.4 is 5.32 Å². The van der Waals surface area contributed by atoms with E-state index in [0.717, 1.165) is 43.9 Å². The number of likely N-dealkylation sites (tertiary alicyclic amines) is 1. The van der Waals surface area contributed by atoms with Crippen LogP contribution in [0.15, 0.2) is 18.3 Å². The number of pyridine rings is 1. The molecule has 1 aromatic rings. The number of hydrogen-bond donors (Lipinski definition) is 1. The lowest BCUT2D eigenvalue weighted by molar-refractivity contribution is -0.126. The van der Waals surface area contributed by atoms with E-state index < -0.39 is 0 Å². The monoisotopic (exact) mass is 289 g/mol. The number of ether oxygens (including phenoxy) is 1. The van der Waals surface area contributed by atoms with Gasteiger partial charge in [0.05, 0.1) is 11.8 Å². The van der Waals surface area contributed by atoms with E-state index in [9.17, 15) is 4.79 Å². The molecule has 0 aliphatic carbocycles. The van der Waals surface area contributed by atoms with Crippen molar-refractivity contribution in [3.8, 4) is 0 Å². The fourth-order valence-electron chi connectivity index (χ4n) is 3.03. The fraction of sp³-hybridized carbons (Fsp3) is 0.625. The van der Waals surface area contributed by atoms with Crippen LogP contribution in [0.25, 0.3) is 0 Å². The van der Waals surface area contributed by atoms with Gasteiger partial charge in [0, 0.05) is 18.4 Å². The minimum Gasteiger partial charge on any atom is -0.365 e. The second kappa shape index (κ2) is 6.54. The quantitative estimate of drug-likeness (QED) is 0.923. The van der Waals surface area contributed by atoms with Gasteiger partial charge in [0.15, 0.2) is 0 Å². The normalized spacial score (nSPS) is 26.1. The van der Waals surface area contributed by atoms with E-state index in [1.807, 2.05) is 19.1 Å². The van der Waals surface area contributed by atoms with Gasteiger partial charge in [-0.1, -0.05) is 0 Å². The molecule has 0 bridgehead atoms. The lowest BCUT2D eigenvalue weighted by Crippen LogP contribution is -2.27. The molecule has 2 unspecified atom stereocenters. The SMILES string of the molecule is CC1CCC(C(=O)Nc2ccnc(CN3CCCC3)c2)O1. The zero-order valence-corrected chi connectivity index (χ0v) is 12.5. The van der Waals surface area contributed by atoms with E-state index >= 15 is 0 Å². The average molecular weight is 289 g/mol. The van der Waals surface area contributed by atoms with E-state index in [4.69, 9.17) is 4.74 Å². The summed E-state index contributed by atoms with van der Waals surface area (Å²) in [6, 6.07) is 3.80. The lowest BCUT2D eigenvalue weighted by Gasteiger charge is -2.15. The molecule has 1 amide bonds. The average Bonchev–Trinajstić information content (AvgIpc) is 3.11. The second-order valence-electron chi connectivity index (χ2n) is 6.02. The predicted octanol–water partition coefficient (Wildman–Crippen LogP) is 2.18. The summed E-state index contributed by atoms with van der Waals surface area (Å²) in [5, 5.41) is 2.95. The molecule has 2 saturated heterocycles. The van der Waals surface area contributed by atoms with Crippen LogP contribution in [0.4, 0.5) is 5.69 Å². The Hall–Kier alpha value is -1.46. The third-order valence-corrected chi connectivity index (χ3v) is 4.19. The molecule has 5 heteroatoms. The molecule has 3 rings (SSSR count). The molecule has 1 N–H and O–H groups in total. The molecule has 21 heavy (non-hydrogen) atoms. The molecule has 0 spiro atoms. The smallest absolute Gasteiger partial charge is 0.253 e.